The summed E-state index contributed by atoms with van der Waals surface area (Å²) in [5.41, 5.74) is 5.79. The Bertz CT molecular complexity index is 560. The van der Waals surface area contributed by atoms with Crippen molar-refractivity contribution in [2.75, 3.05) is 24.5 Å². The van der Waals surface area contributed by atoms with E-state index in [2.05, 4.69) is 9.88 Å². The number of likely N-dealkylation sites (tertiary alicyclic amines) is 1. The number of aromatic nitrogens is 1. The number of carbonyl (C=O) groups is 2. The molecule has 3 rings (SSSR count). The third kappa shape index (κ3) is 2.84. The van der Waals surface area contributed by atoms with Gasteiger partial charge in [0, 0.05) is 43.9 Å². The van der Waals surface area contributed by atoms with Crippen LogP contribution >= 0.6 is 0 Å². The maximum Gasteiger partial charge on any atom is 0.248 e. The zero-order chi connectivity index (χ0) is 14.8. The van der Waals surface area contributed by atoms with Crippen LogP contribution in [-0.4, -0.2) is 47.4 Å². The Labute approximate surface area is 123 Å². The van der Waals surface area contributed by atoms with Crippen molar-refractivity contribution < 1.29 is 9.59 Å². The molecule has 6 heteroatoms. The van der Waals surface area contributed by atoms with Crippen molar-refractivity contribution >= 4 is 17.6 Å². The zero-order valence-electron chi connectivity index (χ0n) is 12.0. The summed E-state index contributed by atoms with van der Waals surface area (Å²) < 4.78 is 0. The van der Waals surface area contributed by atoms with E-state index in [1.165, 1.54) is 0 Å². The molecule has 0 saturated carbocycles. The maximum atomic E-state index is 11.9. The monoisotopic (exact) mass is 288 g/mol. The number of nitrogens with two attached hydrogens (primary N) is 1. The van der Waals surface area contributed by atoms with Crippen LogP contribution in [0.15, 0.2) is 18.3 Å². The highest BCUT2D eigenvalue weighted by Crippen LogP contribution is 2.24. The molecule has 2 amide bonds. The van der Waals surface area contributed by atoms with Gasteiger partial charge >= 0.3 is 0 Å². The summed E-state index contributed by atoms with van der Waals surface area (Å²) in [6.07, 6.45) is 5.31. The van der Waals surface area contributed by atoms with Gasteiger partial charge in [-0.2, -0.15) is 0 Å². The SMILES string of the molecule is NC(=O)c1ccnc(N2CCC[C@@H](N3CCCC3=O)C2)c1. The summed E-state index contributed by atoms with van der Waals surface area (Å²) in [6.45, 7) is 2.54. The van der Waals surface area contributed by atoms with Crippen molar-refractivity contribution in [3.05, 3.63) is 23.9 Å². The Morgan fingerprint density at radius 3 is 2.90 bits per heavy atom. The smallest absolute Gasteiger partial charge is 0.248 e. The summed E-state index contributed by atoms with van der Waals surface area (Å²) in [4.78, 5) is 31.7. The number of rotatable bonds is 3. The first-order valence-electron chi connectivity index (χ1n) is 7.45. The lowest BCUT2D eigenvalue weighted by atomic mass is 10.0. The molecule has 1 atom stereocenters. The van der Waals surface area contributed by atoms with Gasteiger partial charge < -0.3 is 15.5 Å². The van der Waals surface area contributed by atoms with E-state index < -0.39 is 5.91 Å². The molecule has 6 nitrogen and oxygen atoms in total. The van der Waals surface area contributed by atoms with Gasteiger partial charge in [0.05, 0.1) is 0 Å². The number of nitrogens with zero attached hydrogens (tertiary/aromatic N) is 3. The highest BCUT2D eigenvalue weighted by molar-refractivity contribution is 5.93. The molecule has 0 radical (unpaired) electrons. The molecule has 0 unspecified atom stereocenters. The minimum Gasteiger partial charge on any atom is -0.366 e. The Hall–Kier alpha value is -2.11. The minimum atomic E-state index is -0.443. The summed E-state index contributed by atoms with van der Waals surface area (Å²) >= 11 is 0. The number of piperidine rings is 1. The minimum absolute atomic E-state index is 0.257. The molecule has 2 N–H and O–H groups in total. The van der Waals surface area contributed by atoms with Gasteiger partial charge in [0.15, 0.2) is 0 Å². The second kappa shape index (κ2) is 5.71. The van der Waals surface area contributed by atoms with Crippen molar-refractivity contribution in [1.82, 2.24) is 9.88 Å². The van der Waals surface area contributed by atoms with Gasteiger partial charge in [0.1, 0.15) is 5.82 Å². The van der Waals surface area contributed by atoms with Gasteiger partial charge in [-0.25, -0.2) is 4.98 Å². The van der Waals surface area contributed by atoms with Gasteiger partial charge in [0.25, 0.3) is 0 Å². The quantitative estimate of drug-likeness (QED) is 0.891. The van der Waals surface area contributed by atoms with E-state index in [4.69, 9.17) is 5.73 Å². The van der Waals surface area contributed by atoms with Crippen LogP contribution in [0.2, 0.25) is 0 Å². The van der Waals surface area contributed by atoms with Crippen molar-refractivity contribution in [3.63, 3.8) is 0 Å². The lowest BCUT2D eigenvalue weighted by Gasteiger charge is -2.38. The molecule has 3 heterocycles. The topological polar surface area (TPSA) is 79.5 Å². The average Bonchev–Trinajstić information content (AvgIpc) is 2.94. The van der Waals surface area contributed by atoms with Crippen LogP contribution in [0.25, 0.3) is 0 Å². The Morgan fingerprint density at radius 2 is 2.19 bits per heavy atom. The second-order valence-electron chi connectivity index (χ2n) is 5.70. The zero-order valence-corrected chi connectivity index (χ0v) is 12.0. The molecular formula is C15H20N4O2. The normalized spacial score (nSPS) is 22.7. The van der Waals surface area contributed by atoms with E-state index in [0.717, 1.165) is 44.7 Å². The summed E-state index contributed by atoms with van der Waals surface area (Å²) in [5.74, 6) is 0.588. The van der Waals surface area contributed by atoms with E-state index in [1.54, 1.807) is 18.3 Å². The molecular weight excluding hydrogens is 268 g/mol. The summed E-state index contributed by atoms with van der Waals surface area (Å²) in [5, 5.41) is 0. The Balaban J connectivity index is 1.75. The predicted molar refractivity (Wildman–Crippen MR) is 78.9 cm³/mol. The van der Waals surface area contributed by atoms with Crippen molar-refractivity contribution in [3.8, 4) is 0 Å². The number of pyridine rings is 1. The van der Waals surface area contributed by atoms with Crippen molar-refractivity contribution in [1.29, 1.82) is 0 Å². The lowest BCUT2D eigenvalue weighted by Crippen LogP contribution is -2.48. The number of anilines is 1. The van der Waals surface area contributed by atoms with Crippen LogP contribution in [0.4, 0.5) is 5.82 Å². The Kier molecular flexibility index (Phi) is 3.77. The second-order valence-corrected chi connectivity index (χ2v) is 5.70. The molecule has 1 aromatic rings. The first-order valence-corrected chi connectivity index (χ1v) is 7.45. The Morgan fingerprint density at radius 1 is 1.33 bits per heavy atom. The molecule has 112 valence electrons. The van der Waals surface area contributed by atoms with Crippen LogP contribution in [-0.2, 0) is 4.79 Å². The number of hydrogen-bond acceptors (Lipinski definition) is 4. The predicted octanol–water partition coefficient (Wildman–Crippen LogP) is 0.772. The van der Waals surface area contributed by atoms with Crippen LogP contribution in [0.5, 0.6) is 0 Å². The number of carbonyl (C=O) groups excluding carboxylic acids is 2. The average molecular weight is 288 g/mol. The van der Waals surface area contributed by atoms with Crippen LogP contribution in [0, 0.1) is 0 Å². The van der Waals surface area contributed by atoms with Gasteiger partial charge in [-0.1, -0.05) is 0 Å². The molecule has 21 heavy (non-hydrogen) atoms. The number of amides is 2. The fourth-order valence-electron chi connectivity index (χ4n) is 3.22. The third-order valence-corrected chi connectivity index (χ3v) is 4.30. The molecule has 0 aromatic carbocycles. The van der Waals surface area contributed by atoms with E-state index in [1.807, 2.05) is 4.90 Å². The van der Waals surface area contributed by atoms with Gasteiger partial charge in [-0.05, 0) is 31.4 Å². The summed E-state index contributed by atoms with van der Waals surface area (Å²) in [7, 11) is 0. The van der Waals surface area contributed by atoms with Gasteiger partial charge in [-0.15, -0.1) is 0 Å². The van der Waals surface area contributed by atoms with E-state index >= 15 is 0 Å². The molecule has 2 saturated heterocycles. The third-order valence-electron chi connectivity index (χ3n) is 4.30. The van der Waals surface area contributed by atoms with Gasteiger partial charge in [0.2, 0.25) is 11.8 Å². The molecule has 0 bridgehead atoms. The number of hydrogen-bond donors (Lipinski definition) is 1. The van der Waals surface area contributed by atoms with Crippen molar-refractivity contribution in [2.24, 2.45) is 5.73 Å². The highest BCUT2D eigenvalue weighted by Gasteiger charge is 2.31. The fraction of sp³-hybridized carbons (Fsp3) is 0.533. The lowest BCUT2D eigenvalue weighted by molar-refractivity contribution is -0.129. The van der Waals surface area contributed by atoms with E-state index in [9.17, 15) is 9.59 Å². The molecule has 0 spiro atoms. The standard InChI is InChI=1S/C15H20N4O2/c16-15(21)11-5-6-17-13(9-11)18-7-1-3-12(10-18)19-8-2-4-14(19)20/h5-6,9,12H,1-4,7-8,10H2,(H2,16,21)/t12-/m1/s1. The van der Waals surface area contributed by atoms with Crippen LogP contribution in [0.3, 0.4) is 0 Å². The highest BCUT2D eigenvalue weighted by atomic mass is 16.2. The number of primary amides is 1. The largest absolute Gasteiger partial charge is 0.366 e. The van der Waals surface area contributed by atoms with Crippen LogP contribution < -0.4 is 10.6 Å². The van der Waals surface area contributed by atoms with E-state index in [0.29, 0.717) is 12.0 Å². The van der Waals surface area contributed by atoms with Crippen LogP contribution in [0.1, 0.15) is 36.0 Å². The molecule has 2 aliphatic heterocycles. The molecule has 0 aliphatic carbocycles. The first kappa shape index (κ1) is 13.9. The first-order chi connectivity index (χ1) is 10.1. The fourth-order valence-corrected chi connectivity index (χ4v) is 3.22. The van der Waals surface area contributed by atoms with Gasteiger partial charge in [-0.3, -0.25) is 9.59 Å². The molecule has 2 fully saturated rings. The molecule has 2 aliphatic rings. The maximum absolute atomic E-state index is 11.9. The summed E-state index contributed by atoms with van der Waals surface area (Å²) in [6, 6.07) is 3.61. The van der Waals surface area contributed by atoms with E-state index in [-0.39, 0.29) is 11.9 Å². The molecule has 1 aromatic heterocycles. The van der Waals surface area contributed by atoms with Crippen molar-refractivity contribution in [2.45, 2.75) is 31.7 Å².